The average molecular weight is 264 g/mol. The largest absolute Gasteiger partial charge is 0.392 e. The van der Waals surface area contributed by atoms with Crippen molar-refractivity contribution in [2.24, 2.45) is 0 Å². The SMILES string of the molecule is CC(O)CNC(=O)c1ccc(C(=O)NC(C)C)cc1. The van der Waals surface area contributed by atoms with Gasteiger partial charge in [-0.2, -0.15) is 0 Å². The Morgan fingerprint density at radius 1 is 1.05 bits per heavy atom. The van der Waals surface area contributed by atoms with E-state index < -0.39 is 6.10 Å². The molecule has 0 saturated heterocycles. The van der Waals surface area contributed by atoms with Crippen LogP contribution in [0.15, 0.2) is 24.3 Å². The van der Waals surface area contributed by atoms with Gasteiger partial charge >= 0.3 is 0 Å². The molecule has 5 heteroatoms. The van der Waals surface area contributed by atoms with E-state index in [-0.39, 0.29) is 24.4 Å². The van der Waals surface area contributed by atoms with Gasteiger partial charge in [0.1, 0.15) is 0 Å². The maximum absolute atomic E-state index is 11.7. The van der Waals surface area contributed by atoms with Gasteiger partial charge in [-0.25, -0.2) is 0 Å². The molecule has 0 fully saturated rings. The van der Waals surface area contributed by atoms with Gasteiger partial charge in [0.15, 0.2) is 0 Å². The zero-order valence-corrected chi connectivity index (χ0v) is 11.4. The van der Waals surface area contributed by atoms with E-state index in [1.807, 2.05) is 13.8 Å². The van der Waals surface area contributed by atoms with E-state index in [0.717, 1.165) is 0 Å². The third kappa shape index (κ3) is 5.09. The monoisotopic (exact) mass is 264 g/mol. The lowest BCUT2D eigenvalue weighted by atomic mass is 10.1. The summed E-state index contributed by atoms with van der Waals surface area (Å²) in [5, 5.41) is 14.4. The topological polar surface area (TPSA) is 78.4 Å². The van der Waals surface area contributed by atoms with Gasteiger partial charge in [-0.15, -0.1) is 0 Å². The molecule has 0 saturated carbocycles. The molecule has 0 aliphatic heterocycles. The quantitative estimate of drug-likeness (QED) is 0.740. The van der Waals surface area contributed by atoms with Gasteiger partial charge in [-0.1, -0.05) is 0 Å². The van der Waals surface area contributed by atoms with Gasteiger partial charge in [0.25, 0.3) is 11.8 Å². The molecule has 0 aliphatic carbocycles. The van der Waals surface area contributed by atoms with Crippen molar-refractivity contribution in [2.45, 2.75) is 32.9 Å². The van der Waals surface area contributed by atoms with Gasteiger partial charge in [0.2, 0.25) is 0 Å². The molecule has 19 heavy (non-hydrogen) atoms. The normalized spacial score (nSPS) is 12.1. The number of amides is 2. The lowest BCUT2D eigenvalue weighted by Crippen LogP contribution is -2.31. The van der Waals surface area contributed by atoms with Gasteiger partial charge in [0.05, 0.1) is 6.10 Å². The van der Waals surface area contributed by atoms with Crippen LogP contribution in [0.4, 0.5) is 0 Å². The highest BCUT2D eigenvalue weighted by molar-refractivity contribution is 5.97. The van der Waals surface area contributed by atoms with Crippen LogP contribution < -0.4 is 10.6 Å². The van der Waals surface area contributed by atoms with Crippen molar-refractivity contribution in [2.75, 3.05) is 6.54 Å². The molecular formula is C14H20N2O3. The standard InChI is InChI=1S/C14H20N2O3/c1-9(2)16-14(19)12-6-4-11(5-7-12)13(18)15-8-10(3)17/h4-7,9-10,17H,8H2,1-3H3,(H,15,18)(H,16,19). The smallest absolute Gasteiger partial charge is 0.251 e. The van der Waals surface area contributed by atoms with Gasteiger partial charge < -0.3 is 15.7 Å². The first-order valence-corrected chi connectivity index (χ1v) is 6.27. The Bertz CT molecular complexity index is 439. The number of aliphatic hydroxyl groups excluding tert-OH is 1. The second-order valence-electron chi connectivity index (χ2n) is 4.76. The third-order valence-corrected chi connectivity index (χ3v) is 2.39. The summed E-state index contributed by atoms with van der Waals surface area (Å²) in [7, 11) is 0. The van der Waals surface area contributed by atoms with E-state index in [9.17, 15) is 9.59 Å². The fourth-order valence-electron chi connectivity index (χ4n) is 1.46. The highest BCUT2D eigenvalue weighted by Crippen LogP contribution is 2.05. The minimum atomic E-state index is -0.583. The van der Waals surface area contributed by atoms with Crippen LogP contribution in [0.5, 0.6) is 0 Å². The summed E-state index contributed by atoms with van der Waals surface area (Å²) in [6, 6.07) is 6.46. The molecule has 1 rings (SSSR count). The molecule has 0 aliphatic rings. The van der Waals surface area contributed by atoms with Crippen molar-refractivity contribution in [1.29, 1.82) is 0 Å². The first-order valence-electron chi connectivity index (χ1n) is 6.27. The van der Waals surface area contributed by atoms with E-state index in [2.05, 4.69) is 10.6 Å². The number of nitrogens with one attached hydrogen (secondary N) is 2. The second kappa shape index (κ2) is 6.89. The Kier molecular flexibility index (Phi) is 5.51. The van der Waals surface area contributed by atoms with Crippen LogP contribution >= 0.6 is 0 Å². The molecule has 5 nitrogen and oxygen atoms in total. The highest BCUT2D eigenvalue weighted by Gasteiger charge is 2.09. The van der Waals surface area contributed by atoms with Crippen LogP contribution in [0, 0.1) is 0 Å². The van der Waals surface area contributed by atoms with Crippen LogP contribution in [-0.4, -0.2) is 35.6 Å². The molecule has 3 N–H and O–H groups in total. The Morgan fingerprint density at radius 3 is 1.95 bits per heavy atom. The van der Waals surface area contributed by atoms with E-state index in [1.54, 1.807) is 31.2 Å². The van der Waals surface area contributed by atoms with Crippen molar-refractivity contribution < 1.29 is 14.7 Å². The Hall–Kier alpha value is -1.88. The zero-order chi connectivity index (χ0) is 14.4. The van der Waals surface area contributed by atoms with Crippen molar-refractivity contribution in [3.63, 3.8) is 0 Å². The number of rotatable bonds is 5. The molecule has 2 amide bonds. The summed E-state index contributed by atoms with van der Waals surface area (Å²) in [6.45, 7) is 5.57. The van der Waals surface area contributed by atoms with Crippen LogP contribution in [0.2, 0.25) is 0 Å². The van der Waals surface area contributed by atoms with Crippen LogP contribution in [-0.2, 0) is 0 Å². The minimum absolute atomic E-state index is 0.0708. The van der Waals surface area contributed by atoms with E-state index in [1.165, 1.54) is 0 Å². The van der Waals surface area contributed by atoms with Gasteiger partial charge in [-0.3, -0.25) is 9.59 Å². The highest BCUT2D eigenvalue weighted by atomic mass is 16.3. The predicted molar refractivity (Wildman–Crippen MR) is 73.1 cm³/mol. The van der Waals surface area contributed by atoms with Crippen molar-refractivity contribution in [1.82, 2.24) is 10.6 Å². The van der Waals surface area contributed by atoms with Crippen LogP contribution in [0.1, 0.15) is 41.5 Å². The minimum Gasteiger partial charge on any atom is -0.392 e. The molecule has 0 heterocycles. The molecule has 0 spiro atoms. The number of hydrogen-bond donors (Lipinski definition) is 3. The van der Waals surface area contributed by atoms with Crippen molar-refractivity contribution >= 4 is 11.8 Å². The molecule has 0 aromatic heterocycles. The number of carbonyl (C=O) groups is 2. The first-order chi connectivity index (χ1) is 8.90. The van der Waals surface area contributed by atoms with Crippen molar-refractivity contribution in [3.05, 3.63) is 35.4 Å². The van der Waals surface area contributed by atoms with Crippen LogP contribution in [0.3, 0.4) is 0 Å². The fourth-order valence-corrected chi connectivity index (χ4v) is 1.46. The van der Waals surface area contributed by atoms with E-state index in [0.29, 0.717) is 11.1 Å². The molecule has 0 radical (unpaired) electrons. The number of carbonyl (C=O) groups excluding carboxylic acids is 2. The molecule has 0 bridgehead atoms. The summed E-state index contributed by atoms with van der Waals surface area (Å²) in [6.07, 6.45) is -0.583. The summed E-state index contributed by atoms with van der Waals surface area (Å²) in [5.41, 5.74) is 0.975. The lowest BCUT2D eigenvalue weighted by molar-refractivity contribution is 0.0919. The summed E-state index contributed by atoms with van der Waals surface area (Å²) >= 11 is 0. The van der Waals surface area contributed by atoms with E-state index >= 15 is 0 Å². The molecule has 1 aromatic rings. The zero-order valence-electron chi connectivity index (χ0n) is 11.4. The molecular weight excluding hydrogens is 244 g/mol. The fraction of sp³-hybridized carbons (Fsp3) is 0.429. The van der Waals surface area contributed by atoms with Crippen LogP contribution in [0.25, 0.3) is 0 Å². The predicted octanol–water partition coefficient (Wildman–Crippen LogP) is 0.935. The maximum atomic E-state index is 11.7. The molecule has 1 atom stereocenters. The number of aliphatic hydroxyl groups is 1. The molecule has 1 unspecified atom stereocenters. The molecule has 104 valence electrons. The number of hydrogen-bond acceptors (Lipinski definition) is 3. The number of benzene rings is 1. The van der Waals surface area contributed by atoms with Gasteiger partial charge in [0, 0.05) is 23.7 Å². The average Bonchev–Trinajstić information content (AvgIpc) is 2.35. The summed E-state index contributed by atoms with van der Waals surface area (Å²) in [4.78, 5) is 23.4. The lowest BCUT2D eigenvalue weighted by Gasteiger charge is -2.09. The summed E-state index contributed by atoms with van der Waals surface area (Å²) in [5.74, 6) is -0.428. The Balaban J connectivity index is 2.65. The second-order valence-corrected chi connectivity index (χ2v) is 4.76. The van der Waals surface area contributed by atoms with Gasteiger partial charge in [-0.05, 0) is 45.0 Å². The maximum Gasteiger partial charge on any atom is 0.251 e. The molecule has 1 aromatic carbocycles. The summed E-state index contributed by atoms with van der Waals surface area (Å²) < 4.78 is 0. The first kappa shape index (κ1) is 15.2. The van der Waals surface area contributed by atoms with Crippen molar-refractivity contribution in [3.8, 4) is 0 Å². The third-order valence-electron chi connectivity index (χ3n) is 2.39. The Labute approximate surface area is 113 Å². The van der Waals surface area contributed by atoms with E-state index in [4.69, 9.17) is 5.11 Å². The Morgan fingerprint density at radius 2 is 1.53 bits per heavy atom.